The molecule has 0 rings (SSSR count). The van der Waals surface area contributed by atoms with Crippen molar-refractivity contribution >= 4 is 18.0 Å². The molecule has 0 aromatic carbocycles. The van der Waals surface area contributed by atoms with Crippen molar-refractivity contribution in [2.24, 2.45) is 0 Å². The summed E-state index contributed by atoms with van der Waals surface area (Å²) in [6, 6.07) is -0.0718. The van der Waals surface area contributed by atoms with Crippen LogP contribution in [0.5, 0.6) is 0 Å². The summed E-state index contributed by atoms with van der Waals surface area (Å²) in [6.45, 7) is 0. The smallest absolute Gasteiger partial charge is 0.216 e. The lowest BCUT2D eigenvalue weighted by atomic mass is 10.3. The molecule has 53 valence electrons. The van der Waals surface area contributed by atoms with Crippen LogP contribution in [0.25, 0.3) is 0 Å². The molecular weight excluding hydrogens is 134 g/mol. The van der Waals surface area contributed by atoms with Gasteiger partial charge in [0.1, 0.15) is 0 Å². The molecule has 2 nitrogen and oxygen atoms in total. The topological polar surface area (TPSA) is 29.1 Å². The van der Waals surface area contributed by atoms with Gasteiger partial charge in [0.05, 0.1) is 6.04 Å². The van der Waals surface area contributed by atoms with E-state index in [0.717, 1.165) is 12.2 Å². The first-order valence-corrected chi connectivity index (χ1v) is 4.28. The number of thioether (sulfide) groups is 1. The highest BCUT2D eigenvalue weighted by Gasteiger charge is 2.01. The van der Waals surface area contributed by atoms with Crippen molar-refractivity contribution < 1.29 is 4.79 Å². The third-order valence-electron chi connectivity index (χ3n) is 1.10. The Hall–Kier alpha value is -0.0200. The Kier molecular flexibility index (Phi) is 6.09. The van der Waals surface area contributed by atoms with Crippen molar-refractivity contribution in [3.05, 3.63) is 0 Å². The zero-order valence-electron chi connectivity index (χ0n) is 5.81. The van der Waals surface area contributed by atoms with Gasteiger partial charge in [-0.2, -0.15) is 11.8 Å². The van der Waals surface area contributed by atoms with Crippen LogP contribution in [0.2, 0.25) is 0 Å². The van der Waals surface area contributed by atoms with Crippen molar-refractivity contribution in [3.8, 4) is 0 Å². The SMILES string of the molecule is CN[C@H]([C]=O)CCSC. The largest absolute Gasteiger partial charge is 0.310 e. The molecule has 0 aliphatic heterocycles. The molecule has 9 heavy (non-hydrogen) atoms. The molecule has 0 aliphatic rings. The minimum Gasteiger partial charge on any atom is -0.310 e. The number of nitrogens with one attached hydrogen (secondary N) is 1. The van der Waals surface area contributed by atoms with Crippen LogP contribution in [0.1, 0.15) is 6.42 Å². The molecule has 0 unspecified atom stereocenters. The first-order valence-electron chi connectivity index (χ1n) is 2.89. The second kappa shape index (κ2) is 6.11. The molecule has 0 aromatic heterocycles. The minimum absolute atomic E-state index is 0.0718. The molecule has 0 saturated heterocycles. The summed E-state index contributed by atoms with van der Waals surface area (Å²) in [4.78, 5) is 10.0. The van der Waals surface area contributed by atoms with E-state index in [1.807, 2.05) is 12.5 Å². The predicted molar refractivity (Wildman–Crippen MR) is 41.5 cm³/mol. The van der Waals surface area contributed by atoms with E-state index in [1.165, 1.54) is 0 Å². The normalized spacial score (nSPS) is 13.1. The molecular formula is C6H12NOS. The Morgan fingerprint density at radius 1 is 1.78 bits per heavy atom. The zero-order valence-corrected chi connectivity index (χ0v) is 6.62. The summed E-state index contributed by atoms with van der Waals surface area (Å²) in [5.41, 5.74) is 0. The first-order chi connectivity index (χ1) is 4.35. The molecule has 0 saturated carbocycles. The maximum absolute atomic E-state index is 10.0. The summed E-state index contributed by atoms with van der Waals surface area (Å²) in [6.07, 6.45) is 4.81. The van der Waals surface area contributed by atoms with Crippen molar-refractivity contribution in [1.82, 2.24) is 5.32 Å². The summed E-state index contributed by atoms with van der Waals surface area (Å²) in [7, 11) is 1.77. The molecule has 0 aliphatic carbocycles. The van der Waals surface area contributed by atoms with Crippen LogP contribution >= 0.6 is 11.8 Å². The van der Waals surface area contributed by atoms with Gasteiger partial charge in [-0.25, -0.2) is 0 Å². The summed E-state index contributed by atoms with van der Waals surface area (Å²) >= 11 is 1.74. The zero-order chi connectivity index (χ0) is 7.11. The van der Waals surface area contributed by atoms with Gasteiger partial charge in [0.15, 0.2) is 0 Å². The highest BCUT2D eigenvalue weighted by molar-refractivity contribution is 7.98. The van der Waals surface area contributed by atoms with Crippen LogP contribution in [-0.2, 0) is 4.79 Å². The third kappa shape index (κ3) is 4.48. The number of carbonyl (C=O) groups excluding carboxylic acids is 1. The van der Waals surface area contributed by atoms with E-state index < -0.39 is 0 Å². The fourth-order valence-corrected chi connectivity index (χ4v) is 0.969. The third-order valence-corrected chi connectivity index (χ3v) is 1.75. The standard InChI is InChI=1S/C6H12NOS/c1-7-6(5-8)3-4-9-2/h6-7H,3-4H2,1-2H3/t6-/m0/s1. The Bertz CT molecular complexity index is 77.5. The van der Waals surface area contributed by atoms with Gasteiger partial charge in [-0.3, -0.25) is 4.79 Å². The Labute approximate surface area is 60.4 Å². The van der Waals surface area contributed by atoms with Gasteiger partial charge >= 0.3 is 0 Å². The van der Waals surface area contributed by atoms with Crippen LogP contribution < -0.4 is 5.32 Å². The summed E-state index contributed by atoms with van der Waals surface area (Å²) in [5, 5.41) is 2.85. The molecule has 3 heteroatoms. The summed E-state index contributed by atoms with van der Waals surface area (Å²) < 4.78 is 0. The average molecular weight is 146 g/mol. The van der Waals surface area contributed by atoms with E-state index in [0.29, 0.717) is 0 Å². The molecule has 0 heterocycles. The van der Waals surface area contributed by atoms with Gasteiger partial charge in [0.2, 0.25) is 6.29 Å². The van der Waals surface area contributed by atoms with E-state index >= 15 is 0 Å². The minimum atomic E-state index is -0.0718. The molecule has 1 atom stereocenters. The van der Waals surface area contributed by atoms with Crippen molar-refractivity contribution in [3.63, 3.8) is 0 Å². The molecule has 0 spiro atoms. The van der Waals surface area contributed by atoms with Gasteiger partial charge in [0.25, 0.3) is 0 Å². The van der Waals surface area contributed by atoms with Crippen LogP contribution in [0.3, 0.4) is 0 Å². The van der Waals surface area contributed by atoms with Crippen LogP contribution in [-0.4, -0.2) is 31.4 Å². The highest BCUT2D eigenvalue weighted by atomic mass is 32.2. The Morgan fingerprint density at radius 3 is 2.78 bits per heavy atom. The van der Waals surface area contributed by atoms with E-state index in [2.05, 4.69) is 5.32 Å². The summed E-state index contributed by atoms with van der Waals surface area (Å²) in [5.74, 6) is 1.01. The van der Waals surface area contributed by atoms with E-state index in [-0.39, 0.29) is 6.04 Å². The number of hydrogen-bond acceptors (Lipinski definition) is 3. The maximum Gasteiger partial charge on any atom is 0.216 e. The quantitative estimate of drug-likeness (QED) is 0.610. The van der Waals surface area contributed by atoms with Crippen molar-refractivity contribution in [2.75, 3.05) is 19.1 Å². The molecule has 0 fully saturated rings. The lowest BCUT2D eigenvalue weighted by Gasteiger charge is -2.04. The predicted octanol–water partition coefficient (Wildman–Crippen LogP) is 0.437. The van der Waals surface area contributed by atoms with Crippen LogP contribution in [0.4, 0.5) is 0 Å². The fraction of sp³-hybridized carbons (Fsp3) is 0.833. The van der Waals surface area contributed by atoms with Crippen molar-refractivity contribution in [1.29, 1.82) is 0 Å². The van der Waals surface area contributed by atoms with Crippen LogP contribution in [0.15, 0.2) is 0 Å². The van der Waals surface area contributed by atoms with Gasteiger partial charge < -0.3 is 5.32 Å². The monoisotopic (exact) mass is 146 g/mol. The van der Waals surface area contributed by atoms with Crippen LogP contribution in [0, 0.1) is 0 Å². The van der Waals surface area contributed by atoms with Crippen molar-refractivity contribution in [2.45, 2.75) is 12.5 Å². The second-order valence-corrected chi connectivity index (χ2v) is 2.73. The lowest BCUT2D eigenvalue weighted by molar-refractivity contribution is 0.524. The van der Waals surface area contributed by atoms with E-state index in [9.17, 15) is 4.79 Å². The number of hydrogen-bond donors (Lipinski definition) is 1. The second-order valence-electron chi connectivity index (χ2n) is 1.74. The molecule has 0 aromatic rings. The average Bonchev–Trinajstić information content (AvgIpc) is 1.91. The highest BCUT2D eigenvalue weighted by Crippen LogP contribution is 1.97. The van der Waals surface area contributed by atoms with E-state index in [1.54, 1.807) is 18.8 Å². The molecule has 1 radical (unpaired) electrons. The first kappa shape index (κ1) is 8.98. The van der Waals surface area contributed by atoms with E-state index in [4.69, 9.17) is 0 Å². The molecule has 0 bridgehead atoms. The Morgan fingerprint density at radius 2 is 2.44 bits per heavy atom. The van der Waals surface area contributed by atoms with Gasteiger partial charge in [0, 0.05) is 0 Å². The number of rotatable bonds is 5. The fourth-order valence-electron chi connectivity index (χ4n) is 0.498. The molecule has 1 N–H and O–H groups in total. The van der Waals surface area contributed by atoms with Gasteiger partial charge in [-0.15, -0.1) is 0 Å². The van der Waals surface area contributed by atoms with Gasteiger partial charge in [-0.05, 0) is 25.5 Å². The van der Waals surface area contributed by atoms with Gasteiger partial charge in [-0.1, -0.05) is 0 Å². The lowest BCUT2D eigenvalue weighted by Crippen LogP contribution is -2.26. The Balaban J connectivity index is 3.20. The molecule has 0 amide bonds. The number of likely N-dealkylation sites (N-methyl/N-ethyl adjacent to an activating group) is 1. The maximum atomic E-state index is 10.0.